The number of hydrogen-bond donors (Lipinski definition) is 3. The third kappa shape index (κ3) is 25.5. The van der Waals surface area contributed by atoms with Gasteiger partial charge in [-0.1, -0.05) is 81.9 Å². The fourth-order valence-electron chi connectivity index (χ4n) is 2.86. The molecule has 168 valence electrons. The largest absolute Gasteiger partial charge is 0.367 e. The van der Waals surface area contributed by atoms with Gasteiger partial charge in [-0.05, 0) is 32.1 Å². The second kappa shape index (κ2) is 24.5. The molecule has 0 aromatic rings. The van der Waals surface area contributed by atoms with E-state index in [2.05, 4.69) is 29.4 Å². The topological polar surface area (TPSA) is 80.2 Å². The lowest BCUT2D eigenvalue weighted by Crippen LogP contribution is -2.29. The second-order valence-corrected chi connectivity index (χ2v) is 7.33. The van der Waals surface area contributed by atoms with E-state index in [1.165, 1.54) is 77.0 Å². The Morgan fingerprint density at radius 3 is 1.86 bits per heavy atom. The van der Waals surface area contributed by atoms with Gasteiger partial charge in [0.1, 0.15) is 0 Å². The molecule has 0 bridgehead atoms. The van der Waals surface area contributed by atoms with E-state index in [9.17, 15) is 0 Å². The molecule has 0 radical (unpaired) electrons. The first-order chi connectivity index (χ1) is 13.8. The summed E-state index contributed by atoms with van der Waals surface area (Å²) in [6, 6.07) is 0. The van der Waals surface area contributed by atoms with Crippen LogP contribution in [0.25, 0.3) is 0 Å². The first-order valence-electron chi connectivity index (χ1n) is 11.4. The minimum Gasteiger partial charge on any atom is -0.367 e. The van der Waals surface area contributed by atoms with E-state index in [-0.39, 0.29) is 6.54 Å². The molecule has 3 N–H and O–H groups in total. The van der Waals surface area contributed by atoms with Gasteiger partial charge < -0.3 is 15.5 Å². The molecule has 0 aromatic heterocycles. The van der Waals surface area contributed by atoms with Crippen molar-refractivity contribution in [2.24, 2.45) is 0 Å². The average molecular weight is 404 g/mol. The van der Waals surface area contributed by atoms with Gasteiger partial charge in [-0.25, -0.2) is 9.78 Å². The summed E-state index contributed by atoms with van der Waals surface area (Å²) in [5.74, 6) is 0. The SMILES string of the molecule is CCCCCCCCC=CCCCCCCCCOOOCCNCC(O)O. The Hall–Kier alpha value is -0.500. The number of aliphatic hydroxyl groups excluding tert-OH is 1. The van der Waals surface area contributed by atoms with Crippen LogP contribution in [0.3, 0.4) is 0 Å². The summed E-state index contributed by atoms with van der Waals surface area (Å²) in [6.45, 7) is 3.67. The van der Waals surface area contributed by atoms with E-state index >= 15 is 0 Å². The van der Waals surface area contributed by atoms with E-state index in [0.29, 0.717) is 19.8 Å². The van der Waals surface area contributed by atoms with Crippen LogP contribution >= 0.6 is 0 Å². The standard InChI is InChI=1S/C22H45NO5/c1-2-3-4-5-6-7-8-9-10-11-12-13-14-15-16-17-19-26-28-27-20-18-23-21-22(24)25/h9-10,22-25H,2-8,11-21H2,1H3. The molecule has 0 atom stereocenters. The van der Waals surface area contributed by atoms with Crippen LogP contribution in [0.15, 0.2) is 12.2 Å². The van der Waals surface area contributed by atoms with Crippen molar-refractivity contribution in [1.82, 2.24) is 5.32 Å². The van der Waals surface area contributed by atoms with Crippen molar-refractivity contribution in [3.8, 4) is 0 Å². The molecule has 6 nitrogen and oxygen atoms in total. The molecule has 0 saturated carbocycles. The summed E-state index contributed by atoms with van der Waals surface area (Å²) in [4.78, 5) is 9.71. The molecule has 0 amide bonds. The summed E-state index contributed by atoms with van der Waals surface area (Å²) < 4.78 is 0. The van der Waals surface area contributed by atoms with Crippen molar-refractivity contribution < 1.29 is 25.0 Å². The lowest BCUT2D eigenvalue weighted by molar-refractivity contribution is -0.511. The molecular formula is C22H45NO5. The van der Waals surface area contributed by atoms with Gasteiger partial charge in [0.25, 0.3) is 0 Å². The normalized spacial score (nSPS) is 11.9. The minimum atomic E-state index is -1.34. The van der Waals surface area contributed by atoms with Crippen molar-refractivity contribution in [3.05, 3.63) is 12.2 Å². The monoisotopic (exact) mass is 403 g/mol. The molecule has 0 spiro atoms. The summed E-state index contributed by atoms with van der Waals surface area (Å²) in [5.41, 5.74) is 0. The van der Waals surface area contributed by atoms with Crippen LogP contribution in [-0.2, 0) is 14.8 Å². The Kier molecular flexibility index (Phi) is 24.1. The Bertz CT molecular complexity index is 313. The number of hydrogen-bond acceptors (Lipinski definition) is 6. The zero-order valence-electron chi connectivity index (χ0n) is 18.1. The molecule has 0 fully saturated rings. The quantitative estimate of drug-likeness (QED) is 0.0747. The first kappa shape index (κ1) is 27.5. The predicted octanol–water partition coefficient (Wildman–Crippen LogP) is 4.80. The van der Waals surface area contributed by atoms with E-state index in [0.717, 1.165) is 12.8 Å². The Morgan fingerprint density at radius 1 is 0.714 bits per heavy atom. The van der Waals surface area contributed by atoms with Crippen LogP contribution in [0.5, 0.6) is 0 Å². The smallest absolute Gasteiger partial charge is 0.164 e. The maximum Gasteiger partial charge on any atom is 0.164 e. The van der Waals surface area contributed by atoms with Gasteiger partial charge in [-0.15, -0.1) is 0 Å². The lowest BCUT2D eigenvalue weighted by atomic mass is 10.1. The Morgan fingerprint density at radius 2 is 1.25 bits per heavy atom. The molecule has 0 aliphatic heterocycles. The van der Waals surface area contributed by atoms with Crippen LogP contribution in [0.4, 0.5) is 0 Å². The van der Waals surface area contributed by atoms with Gasteiger partial charge in [-0.3, -0.25) is 0 Å². The molecule has 0 saturated heterocycles. The van der Waals surface area contributed by atoms with Crippen molar-refractivity contribution >= 4 is 0 Å². The second-order valence-electron chi connectivity index (χ2n) is 7.33. The predicted molar refractivity (Wildman–Crippen MR) is 114 cm³/mol. The highest BCUT2D eigenvalue weighted by molar-refractivity contribution is 4.81. The van der Waals surface area contributed by atoms with E-state index in [1.54, 1.807) is 0 Å². The molecule has 0 rings (SSSR count). The van der Waals surface area contributed by atoms with Crippen molar-refractivity contribution in [3.63, 3.8) is 0 Å². The lowest BCUT2D eigenvalue weighted by Gasteiger charge is -2.06. The van der Waals surface area contributed by atoms with Crippen LogP contribution < -0.4 is 5.32 Å². The fraction of sp³-hybridized carbons (Fsp3) is 0.909. The first-order valence-corrected chi connectivity index (χ1v) is 11.4. The number of nitrogens with one attached hydrogen (secondary N) is 1. The van der Waals surface area contributed by atoms with Crippen molar-refractivity contribution in [2.45, 2.75) is 103 Å². The van der Waals surface area contributed by atoms with Crippen LogP contribution in [-0.4, -0.2) is 42.8 Å². The van der Waals surface area contributed by atoms with Gasteiger partial charge in [0, 0.05) is 13.1 Å². The number of unbranched alkanes of at least 4 members (excludes halogenated alkanes) is 12. The third-order valence-corrected chi connectivity index (χ3v) is 4.52. The third-order valence-electron chi connectivity index (χ3n) is 4.52. The van der Waals surface area contributed by atoms with Crippen LogP contribution in [0.2, 0.25) is 0 Å². The zero-order valence-corrected chi connectivity index (χ0v) is 18.1. The van der Waals surface area contributed by atoms with Gasteiger partial charge in [-0.2, -0.15) is 0 Å². The highest BCUT2D eigenvalue weighted by Crippen LogP contribution is 2.10. The van der Waals surface area contributed by atoms with Gasteiger partial charge >= 0.3 is 0 Å². The highest BCUT2D eigenvalue weighted by Gasteiger charge is 1.96. The average Bonchev–Trinajstić information content (AvgIpc) is 2.68. The Balaban J connectivity index is 3.05. The molecule has 28 heavy (non-hydrogen) atoms. The fourth-order valence-corrected chi connectivity index (χ4v) is 2.86. The molecule has 0 aliphatic rings. The van der Waals surface area contributed by atoms with E-state index in [4.69, 9.17) is 20.0 Å². The molecular weight excluding hydrogens is 358 g/mol. The Labute approximate surface area is 172 Å². The maximum absolute atomic E-state index is 8.62. The molecule has 0 heterocycles. The van der Waals surface area contributed by atoms with Crippen molar-refractivity contribution in [1.29, 1.82) is 0 Å². The summed E-state index contributed by atoms with van der Waals surface area (Å²) in [7, 11) is 0. The minimum absolute atomic E-state index is 0.111. The summed E-state index contributed by atoms with van der Waals surface area (Å²) in [6.07, 6.45) is 21.3. The number of rotatable bonds is 23. The van der Waals surface area contributed by atoms with E-state index in [1.807, 2.05) is 0 Å². The van der Waals surface area contributed by atoms with Gasteiger partial charge in [0.2, 0.25) is 0 Å². The highest BCUT2D eigenvalue weighted by atomic mass is 17.5. The molecule has 6 heteroatoms. The summed E-state index contributed by atoms with van der Waals surface area (Å²) >= 11 is 0. The van der Waals surface area contributed by atoms with Gasteiger partial charge in [0.05, 0.1) is 13.2 Å². The van der Waals surface area contributed by atoms with Crippen LogP contribution in [0, 0.1) is 0 Å². The maximum atomic E-state index is 8.62. The number of allylic oxidation sites excluding steroid dienone is 2. The van der Waals surface area contributed by atoms with E-state index < -0.39 is 6.29 Å². The molecule has 0 unspecified atom stereocenters. The van der Waals surface area contributed by atoms with Crippen molar-refractivity contribution in [2.75, 3.05) is 26.3 Å². The van der Waals surface area contributed by atoms with Crippen LogP contribution in [0.1, 0.15) is 96.8 Å². The van der Waals surface area contributed by atoms with Gasteiger partial charge in [0.15, 0.2) is 6.29 Å². The molecule has 0 aromatic carbocycles. The molecule has 0 aliphatic carbocycles. The number of aliphatic hydroxyl groups is 2. The summed E-state index contributed by atoms with van der Waals surface area (Å²) in [5, 5.41) is 24.6. The zero-order chi connectivity index (χ0) is 20.5.